The van der Waals surface area contributed by atoms with Crippen molar-refractivity contribution in [2.24, 2.45) is 0 Å². The van der Waals surface area contributed by atoms with Crippen LogP contribution < -0.4 is 0 Å². The molecule has 1 atom stereocenters. The number of fused-ring (bicyclic) bond motifs is 3. The summed E-state index contributed by atoms with van der Waals surface area (Å²) < 4.78 is 0. The van der Waals surface area contributed by atoms with Crippen LogP contribution in [-0.2, 0) is 16.0 Å². The van der Waals surface area contributed by atoms with Crippen molar-refractivity contribution in [3.05, 3.63) is 70.8 Å². The standard InChI is InChI=1S/C23H24N2O3/c1-16-6-8-18(9-7-16)21(26)10-11-22(27)24-14-20-19-5-3-2-4-17(19)12-13-25(20)23(28)15-24/h2-9,20H,10-15H2,1H3. The number of benzene rings is 2. The van der Waals surface area contributed by atoms with Crippen molar-refractivity contribution in [1.82, 2.24) is 9.80 Å². The molecule has 2 aromatic rings. The van der Waals surface area contributed by atoms with E-state index in [1.54, 1.807) is 17.0 Å². The minimum absolute atomic E-state index is 0.0102. The van der Waals surface area contributed by atoms with Crippen LogP contribution in [0.4, 0.5) is 0 Å². The first-order valence-electron chi connectivity index (χ1n) is 9.78. The molecule has 5 nitrogen and oxygen atoms in total. The summed E-state index contributed by atoms with van der Waals surface area (Å²) in [7, 11) is 0. The van der Waals surface area contributed by atoms with Crippen LogP contribution in [0.25, 0.3) is 0 Å². The molecule has 0 radical (unpaired) electrons. The lowest BCUT2D eigenvalue weighted by Gasteiger charge is -2.44. The summed E-state index contributed by atoms with van der Waals surface area (Å²) in [5, 5.41) is 0. The van der Waals surface area contributed by atoms with Crippen molar-refractivity contribution in [2.45, 2.75) is 32.2 Å². The van der Waals surface area contributed by atoms with E-state index in [1.165, 1.54) is 5.56 Å². The molecular formula is C23H24N2O3. The van der Waals surface area contributed by atoms with E-state index in [1.807, 2.05) is 42.2 Å². The van der Waals surface area contributed by atoms with E-state index in [0.717, 1.165) is 17.5 Å². The van der Waals surface area contributed by atoms with Gasteiger partial charge in [-0.25, -0.2) is 0 Å². The van der Waals surface area contributed by atoms with Crippen LogP contribution in [0, 0.1) is 6.92 Å². The quantitative estimate of drug-likeness (QED) is 0.771. The van der Waals surface area contributed by atoms with Crippen molar-refractivity contribution >= 4 is 17.6 Å². The fraction of sp³-hybridized carbons (Fsp3) is 0.348. The van der Waals surface area contributed by atoms with E-state index in [2.05, 4.69) is 6.07 Å². The zero-order valence-corrected chi connectivity index (χ0v) is 16.1. The predicted octanol–water partition coefficient (Wildman–Crippen LogP) is 2.93. The Morgan fingerprint density at radius 2 is 1.79 bits per heavy atom. The minimum Gasteiger partial charge on any atom is -0.332 e. The van der Waals surface area contributed by atoms with Gasteiger partial charge >= 0.3 is 0 Å². The Hall–Kier alpha value is -2.95. The second-order valence-corrected chi connectivity index (χ2v) is 7.62. The van der Waals surface area contributed by atoms with E-state index in [4.69, 9.17) is 0 Å². The lowest BCUT2D eigenvalue weighted by molar-refractivity contribution is -0.149. The Morgan fingerprint density at radius 3 is 2.57 bits per heavy atom. The van der Waals surface area contributed by atoms with Crippen LogP contribution in [-0.4, -0.2) is 47.0 Å². The van der Waals surface area contributed by atoms with E-state index in [-0.39, 0.29) is 43.0 Å². The predicted molar refractivity (Wildman–Crippen MR) is 106 cm³/mol. The molecule has 1 unspecified atom stereocenters. The summed E-state index contributed by atoms with van der Waals surface area (Å²) in [4.78, 5) is 41.2. The molecule has 0 saturated carbocycles. The number of Topliss-reactive ketones (excluding diaryl/α,β-unsaturated/α-hetero) is 1. The van der Waals surface area contributed by atoms with Gasteiger partial charge in [-0.1, -0.05) is 54.1 Å². The third-order valence-electron chi connectivity index (χ3n) is 5.74. The molecule has 1 saturated heterocycles. The monoisotopic (exact) mass is 376 g/mol. The fourth-order valence-corrected chi connectivity index (χ4v) is 4.13. The first-order valence-corrected chi connectivity index (χ1v) is 9.78. The highest BCUT2D eigenvalue weighted by Crippen LogP contribution is 2.33. The smallest absolute Gasteiger partial charge is 0.242 e. The molecule has 144 valence electrons. The lowest BCUT2D eigenvalue weighted by atomic mass is 9.90. The number of rotatable bonds is 4. The third kappa shape index (κ3) is 3.57. The Labute approximate surface area is 164 Å². The van der Waals surface area contributed by atoms with Gasteiger partial charge < -0.3 is 9.80 Å². The number of ketones is 1. The summed E-state index contributed by atoms with van der Waals surface area (Å²) in [6, 6.07) is 15.4. The van der Waals surface area contributed by atoms with Crippen molar-refractivity contribution < 1.29 is 14.4 Å². The maximum Gasteiger partial charge on any atom is 0.242 e. The molecule has 28 heavy (non-hydrogen) atoms. The normalized spacial score (nSPS) is 18.5. The van der Waals surface area contributed by atoms with Crippen molar-refractivity contribution in [3.8, 4) is 0 Å². The van der Waals surface area contributed by atoms with Crippen LogP contribution in [0.1, 0.15) is 45.9 Å². The molecule has 2 heterocycles. The Balaban J connectivity index is 1.42. The van der Waals surface area contributed by atoms with Gasteiger partial charge in [0.25, 0.3) is 0 Å². The molecule has 2 aliphatic heterocycles. The summed E-state index contributed by atoms with van der Waals surface area (Å²) >= 11 is 0. The second-order valence-electron chi connectivity index (χ2n) is 7.62. The molecule has 0 aromatic heterocycles. The molecule has 1 fully saturated rings. The number of piperazine rings is 1. The number of amides is 2. The van der Waals surface area contributed by atoms with Crippen molar-refractivity contribution in [1.29, 1.82) is 0 Å². The minimum atomic E-state index is -0.128. The molecular weight excluding hydrogens is 352 g/mol. The number of carbonyl (C=O) groups is 3. The summed E-state index contributed by atoms with van der Waals surface area (Å²) in [5.41, 5.74) is 4.10. The molecule has 0 aliphatic carbocycles. The van der Waals surface area contributed by atoms with Gasteiger partial charge in [-0.05, 0) is 24.5 Å². The molecule has 4 rings (SSSR count). The molecule has 5 heteroatoms. The summed E-state index contributed by atoms with van der Waals surface area (Å²) in [6.07, 6.45) is 1.16. The molecule has 2 aliphatic rings. The topological polar surface area (TPSA) is 57.7 Å². The Bertz CT molecular complexity index is 920. The Morgan fingerprint density at radius 1 is 1.04 bits per heavy atom. The molecule has 0 spiro atoms. The van der Waals surface area contributed by atoms with Crippen LogP contribution in [0.15, 0.2) is 48.5 Å². The van der Waals surface area contributed by atoms with Gasteiger partial charge in [-0.3, -0.25) is 14.4 Å². The number of aryl methyl sites for hydroxylation is 1. The van der Waals surface area contributed by atoms with Crippen LogP contribution in [0.5, 0.6) is 0 Å². The fourth-order valence-electron chi connectivity index (χ4n) is 4.13. The average Bonchev–Trinajstić information content (AvgIpc) is 2.72. The first-order chi connectivity index (χ1) is 13.5. The maximum absolute atomic E-state index is 12.7. The number of nitrogens with zero attached hydrogens (tertiary/aromatic N) is 2. The van der Waals surface area contributed by atoms with E-state index < -0.39 is 0 Å². The average molecular weight is 376 g/mol. The number of hydrogen-bond acceptors (Lipinski definition) is 3. The van der Waals surface area contributed by atoms with Crippen molar-refractivity contribution in [2.75, 3.05) is 19.6 Å². The third-order valence-corrected chi connectivity index (χ3v) is 5.74. The largest absolute Gasteiger partial charge is 0.332 e. The highest BCUT2D eigenvalue weighted by atomic mass is 16.2. The summed E-state index contributed by atoms with van der Waals surface area (Å²) in [6.45, 7) is 3.28. The zero-order chi connectivity index (χ0) is 19.7. The van der Waals surface area contributed by atoms with Gasteiger partial charge in [-0.15, -0.1) is 0 Å². The van der Waals surface area contributed by atoms with E-state index in [0.29, 0.717) is 18.7 Å². The van der Waals surface area contributed by atoms with Crippen molar-refractivity contribution in [3.63, 3.8) is 0 Å². The van der Waals surface area contributed by atoms with Gasteiger partial charge in [-0.2, -0.15) is 0 Å². The van der Waals surface area contributed by atoms with Gasteiger partial charge in [0.2, 0.25) is 11.8 Å². The second kappa shape index (κ2) is 7.58. The highest BCUT2D eigenvalue weighted by Gasteiger charge is 2.38. The van der Waals surface area contributed by atoms with Crippen LogP contribution in [0.2, 0.25) is 0 Å². The lowest BCUT2D eigenvalue weighted by Crippen LogP contribution is -2.55. The summed E-state index contributed by atoms with van der Waals surface area (Å²) in [5.74, 6) is -0.179. The van der Waals surface area contributed by atoms with Gasteiger partial charge in [0.1, 0.15) is 0 Å². The number of carbonyl (C=O) groups excluding carboxylic acids is 3. The van der Waals surface area contributed by atoms with Crippen LogP contribution >= 0.6 is 0 Å². The van der Waals surface area contributed by atoms with Gasteiger partial charge in [0, 0.05) is 31.5 Å². The number of hydrogen-bond donors (Lipinski definition) is 0. The maximum atomic E-state index is 12.7. The van der Waals surface area contributed by atoms with Gasteiger partial charge in [0.05, 0.1) is 12.6 Å². The molecule has 2 aromatic carbocycles. The molecule has 2 amide bonds. The van der Waals surface area contributed by atoms with Crippen LogP contribution in [0.3, 0.4) is 0 Å². The highest BCUT2D eigenvalue weighted by molar-refractivity contribution is 5.98. The van der Waals surface area contributed by atoms with E-state index >= 15 is 0 Å². The van der Waals surface area contributed by atoms with Gasteiger partial charge in [0.15, 0.2) is 5.78 Å². The molecule has 0 bridgehead atoms. The molecule has 0 N–H and O–H groups in total. The Kier molecular flexibility index (Phi) is 4.99. The van der Waals surface area contributed by atoms with E-state index in [9.17, 15) is 14.4 Å². The SMILES string of the molecule is Cc1ccc(C(=O)CCC(=O)N2CC(=O)N3CCc4ccccc4C3C2)cc1. The zero-order valence-electron chi connectivity index (χ0n) is 16.1. The first kappa shape index (κ1) is 18.4.